The number of carbonyl (C=O) groups excluding carboxylic acids is 1. The smallest absolute Gasteiger partial charge is 0.322 e. The number of alkyl halides is 5. The molecule has 0 unspecified atom stereocenters. The predicted molar refractivity (Wildman–Crippen MR) is 140 cm³/mol. The number of nitrogens with one attached hydrogen (secondary N) is 1. The first-order valence-corrected chi connectivity index (χ1v) is 12.6. The molecule has 1 aromatic carbocycles. The van der Waals surface area contributed by atoms with Crippen LogP contribution in [0.2, 0.25) is 0 Å². The lowest BCUT2D eigenvalue weighted by atomic mass is 10.0. The first-order chi connectivity index (χ1) is 19.6. The van der Waals surface area contributed by atoms with E-state index in [4.69, 9.17) is 0 Å². The van der Waals surface area contributed by atoms with Crippen molar-refractivity contribution in [2.24, 2.45) is 0 Å². The van der Waals surface area contributed by atoms with Crippen LogP contribution in [0, 0.1) is 11.8 Å². The van der Waals surface area contributed by atoms with Crippen LogP contribution in [-0.4, -0.2) is 68.5 Å². The van der Waals surface area contributed by atoms with E-state index in [1.807, 2.05) is 11.9 Å². The van der Waals surface area contributed by atoms with Crippen molar-refractivity contribution in [2.45, 2.75) is 19.1 Å². The van der Waals surface area contributed by atoms with Gasteiger partial charge in [0.15, 0.2) is 5.65 Å². The van der Waals surface area contributed by atoms with Crippen LogP contribution in [0.3, 0.4) is 0 Å². The minimum atomic E-state index is -4.64. The van der Waals surface area contributed by atoms with Crippen molar-refractivity contribution in [1.29, 1.82) is 0 Å². The highest BCUT2D eigenvalue weighted by atomic mass is 19.4. The zero-order valence-corrected chi connectivity index (χ0v) is 21.8. The summed E-state index contributed by atoms with van der Waals surface area (Å²) in [6, 6.07) is 9.89. The quantitative estimate of drug-likeness (QED) is 0.282. The minimum Gasteiger partial charge on any atom is -0.322 e. The maximum absolute atomic E-state index is 13.9. The van der Waals surface area contributed by atoms with Gasteiger partial charge in [0.1, 0.15) is 5.69 Å². The number of benzene rings is 1. The fourth-order valence-electron chi connectivity index (χ4n) is 4.43. The zero-order chi connectivity index (χ0) is 29.1. The number of fused-ring (bicyclic) bond motifs is 1. The lowest BCUT2D eigenvalue weighted by molar-refractivity contribution is -0.138. The molecule has 1 aliphatic heterocycles. The predicted octanol–water partition coefficient (Wildman–Crippen LogP) is 4.48. The normalized spacial score (nSPS) is 14.7. The van der Waals surface area contributed by atoms with Gasteiger partial charge in [0.05, 0.1) is 16.7 Å². The molecule has 0 spiro atoms. The highest BCUT2D eigenvalue weighted by Crippen LogP contribution is 2.35. The van der Waals surface area contributed by atoms with E-state index in [0.717, 1.165) is 31.4 Å². The van der Waals surface area contributed by atoms with Gasteiger partial charge in [-0.05, 0) is 48.9 Å². The fourth-order valence-corrected chi connectivity index (χ4v) is 4.43. The van der Waals surface area contributed by atoms with Gasteiger partial charge < -0.3 is 10.2 Å². The Morgan fingerprint density at radius 3 is 2.56 bits per heavy atom. The summed E-state index contributed by atoms with van der Waals surface area (Å²) in [5.41, 5.74) is -1.36. The zero-order valence-electron chi connectivity index (χ0n) is 21.8. The Morgan fingerprint density at radius 1 is 1.05 bits per heavy atom. The highest BCUT2D eigenvalue weighted by molar-refractivity contribution is 6.04. The maximum atomic E-state index is 13.9. The van der Waals surface area contributed by atoms with Gasteiger partial charge in [-0.2, -0.15) is 13.2 Å². The molecule has 0 saturated carbocycles. The molecule has 0 atom stereocenters. The first-order valence-electron chi connectivity index (χ1n) is 12.6. The molecule has 0 aliphatic carbocycles. The molecule has 8 nitrogen and oxygen atoms in total. The third kappa shape index (κ3) is 6.50. The second-order valence-corrected chi connectivity index (χ2v) is 9.56. The topological polar surface area (TPSA) is 78.7 Å². The van der Waals surface area contributed by atoms with Crippen LogP contribution in [-0.2, 0) is 12.7 Å². The molecule has 1 N–H and O–H groups in total. The summed E-state index contributed by atoms with van der Waals surface area (Å²) < 4.78 is 70.6. The van der Waals surface area contributed by atoms with Gasteiger partial charge in [0.2, 0.25) is 5.82 Å². The summed E-state index contributed by atoms with van der Waals surface area (Å²) in [6.07, 6.45) is -5.03. The average Bonchev–Trinajstić information content (AvgIpc) is 3.36. The number of nitrogens with zero attached hydrogens (tertiary/aromatic N) is 6. The summed E-state index contributed by atoms with van der Waals surface area (Å²) >= 11 is 0. The molecular formula is C28H24F5N7O. The summed E-state index contributed by atoms with van der Waals surface area (Å²) in [6.45, 7) is 2.93. The van der Waals surface area contributed by atoms with E-state index in [0.29, 0.717) is 18.7 Å². The molecule has 1 fully saturated rings. The molecule has 41 heavy (non-hydrogen) atoms. The number of aromatic nitrogens is 4. The minimum absolute atomic E-state index is 0.0926. The van der Waals surface area contributed by atoms with Gasteiger partial charge in [0, 0.05) is 50.8 Å². The van der Waals surface area contributed by atoms with Crippen LogP contribution < -0.4 is 5.32 Å². The monoisotopic (exact) mass is 569 g/mol. The number of piperazine rings is 1. The number of hydrogen-bond donors (Lipinski definition) is 1. The highest BCUT2D eigenvalue weighted by Gasteiger charge is 2.34. The third-order valence-electron chi connectivity index (χ3n) is 6.67. The van der Waals surface area contributed by atoms with E-state index in [1.54, 1.807) is 28.8 Å². The molecule has 4 heterocycles. The Morgan fingerprint density at radius 2 is 1.83 bits per heavy atom. The van der Waals surface area contributed by atoms with Crippen molar-refractivity contribution < 1.29 is 26.7 Å². The number of hydrogen-bond acceptors (Lipinski definition) is 6. The molecule has 3 aromatic heterocycles. The molecule has 0 radical (unpaired) electrons. The molecule has 0 bridgehead atoms. The molecule has 212 valence electrons. The molecule has 5 rings (SSSR count). The van der Waals surface area contributed by atoms with Gasteiger partial charge in [-0.1, -0.05) is 18.1 Å². The van der Waals surface area contributed by atoms with Gasteiger partial charge >= 0.3 is 6.18 Å². The number of carbonyl (C=O) groups is 1. The van der Waals surface area contributed by atoms with Crippen molar-refractivity contribution in [1.82, 2.24) is 29.4 Å². The van der Waals surface area contributed by atoms with Crippen molar-refractivity contribution in [3.63, 3.8) is 0 Å². The number of anilines is 1. The first kappa shape index (κ1) is 28.1. The lowest BCUT2D eigenvalue weighted by Gasteiger charge is -2.33. The summed E-state index contributed by atoms with van der Waals surface area (Å²) in [5.74, 6) is 4.60. The lowest BCUT2D eigenvalue weighted by Crippen LogP contribution is -2.44. The molecule has 1 saturated heterocycles. The van der Waals surface area contributed by atoms with Crippen molar-refractivity contribution >= 4 is 17.2 Å². The Hall–Kier alpha value is -4.41. The third-order valence-corrected chi connectivity index (χ3v) is 6.67. The summed E-state index contributed by atoms with van der Waals surface area (Å²) in [5, 5.41) is 10.3. The van der Waals surface area contributed by atoms with Gasteiger partial charge in [-0.15, -0.1) is 10.2 Å². The number of halogens is 5. The van der Waals surface area contributed by atoms with E-state index in [9.17, 15) is 26.7 Å². The van der Waals surface area contributed by atoms with Crippen LogP contribution in [0.25, 0.3) is 5.65 Å². The van der Waals surface area contributed by atoms with Gasteiger partial charge in [0.25, 0.3) is 12.3 Å². The van der Waals surface area contributed by atoms with Gasteiger partial charge in [-0.25, -0.2) is 8.78 Å². The molecular weight excluding hydrogens is 545 g/mol. The maximum Gasteiger partial charge on any atom is 0.416 e. The van der Waals surface area contributed by atoms with Crippen LogP contribution in [0.15, 0.2) is 54.9 Å². The van der Waals surface area contributed by atoms with Crippen molar-refractivity contribution in [3.8, 4) is 11.8 Å². The Kier molecular flexibility index (Phi) is 7.96. The van der Waals surface area contributed by atoms with E-state index < -0.39 is 29.8 Å². The number of amides is 1. The van der Waals surface area contributed by atoms with Crippen LogP contribution in [0.4, 0.5) is 27.6 Å². The standard InChI is InChI=1S/C28H24F5N7O/c1-38-10-12-39(13-11-38)17-19-5-7-21(15-22(19)28(31,32)33)35-27(41)20-14-18(25(26(29)30)34-16-20)6-8-24-37-36-23-4-2-3-9-40(23)24/h2-5,7,9,14-16,26H,10-13,17H2,1H3,(H,35,41). The van der Waals surface area contributed by atoms with E-state index in [-0.39, 0.29) is 34.7 Å². The largest absolute Gasteiger partial charge is 0.416 e. The Balaban J connectivity index is 1.39. The van der Waals surface area contributed by atoms with E-state index in [2.05, 4.69) is 37.2 Å². The molecule has 1 aliphatic rings. The molecule has 1 amide bonds. The fraction of sp³-hybridized carbons (Fsp3) is 0.286. The summed E-state index contributed by atoms with van der Waals surface area (Å²) in [4.78, 5) is 20.7. The van der Waals surface area contributed by atoms with E-state index >= 15 is 0 Å². The molecule has 13 heteroatoms. The number of pyridine rings is 2. The average molecular weight is 570 g/mol. The van der Waals surface area contributed by atoms with Crippen LogP contribution >= 0.6 is 0 Å². The molecule has 4 aromatic rings. The van der Waals surface area contributed by atoms with Crippen LogP contribution in [0.5, 0.6) is 0 Å². The number of likely N-dealkylation sites (N-methyl/N-ethyl adjacent to an activating group) is 1. The van der Waals surface area contributed by atoms with Crippen molar-refractivity contribution in [2.75, 3.05) is 38.5 Å². The van der Waals surface area contributed by atoms with Crippen molar-refractivity contribution in [3.05, 3.63) is 88.6 Å². The van der Waals surface area contributed by atoms with Gasteiger partial charge in [-0.3, -0.25) is 19.1 Å². The second-order valence-electron chi connectivity index (χ2n) is 9.56. The second kappa shape index (κ2) is 11.6. The Bertz CT molecular complexity index is 1630. The Labute approximate surface area is 231 Å². The van der Waals surface area contributed by atoms with E-state index in [1.165, 1.54) is 12.1 Å². The number of rotatable bonds is 5. The SMILES string of the molecule is CN1CCN(Cc2ccc(NC(=O)c3cnc(C(F)F)c(C#Cc4nnc5ccccn45)c3)cc2C(F)(F)F)CC1. The summed E-state index contributed by atoms with van der Waals surface area (Å²) in [7, 11) is 1.96. The van der Waals surface area contributed by atoms with Crippen LogP contribution in [0.1, 0.15) is 45.0 Å².